The number of hydrogen-bond acceptors (Lipinski definition) is 7. The maximum Gasteiger partial charge on any atom is 0.264 e. The van der Waals surface area contributed by atoms with Crippen LogP contribution in [0.15, 0.2) is 47.4 Å². The smallest absolute Gasteiger partial charge is 0.264 e. The average Bonchev–Trinajstić information content (AvgIpc) is 3.16. The predicted octanol–water partition coefficient (Wildman–Crippen LogP) is 3.90. The van der Waals surface area contributed by atoms with Crippen molar-refractivity contribution >= 4 is 44.2 Å². The Kier molecular flexibility index (Phi) is 6.69. The van der Waals surface area contributed by atoms with Crippen molar-refractivity contribution in [3.63, 3.8) is 0 Å². The number of nitrogens with zero attached hydrogens (tertiary/aromatic N) is 4. The molecule has 2 aromatic carbocycles. The molecule has 3 N–H and O–H groups in total. The van der Waals surface area contributed by atoms with E-state index in [1.165, 1.54) is 6.07 Å². The van der Waals surface area contributed by atoms with Crippen LogP contribution in [-0.2, 0) is 10.0 Å². The standard InChI is InChI=1S/C22H23ClFN7O2S/c1-13-19-21(25-10-11-31(2)3)26-20(27-22(19)29-28-13)14-4-7-16(8-5-14)30-34(32,33)18-12-15(23)6-9-17(18)24/h4-9,12,30H,10-11H2,1-3H3,(H2,25,26,27,28,29). The first-order valence-electron chi connectivity index (χ1n) is 10.3. The van der Waals surface area contributed by atoms with Crippen LogP contribution in [0.1, 0.15) is 5.69 Å². The van der Waals surface area contributed by atoms with Gasteiger partial charge in [0.15, 0.2) is 11.5 Å². The van der Waals surface area contributed by atoms with Gasteiger partial charge in [-0.15, -0.1) is 0 Å². The molecule has 0 unspecified atom stereocenters. The second kappa shape index (κ2) is 9.53. The summed E-state index contributed by atoms with van der Waals surface area (Å²) in [6.07, 6.45) is 0. The number of fused-ring (bicyclic) bond motifs is 1. The van der Waals surface area contributed by atoms with Crippen LogP contribution in [0.4, 0.5) is 15.9 Å². The van der Waals surface area contributed by atoms with Crippen molar-refractivity contribution in [1.82, 2.24) is 25.1 Å². The molecule has 0 saturated carbocycles. The van der Waals surface area contributed by atoms with Crippen molar-refractivity contribution in [2.75, 3.05) is 37.2 Å². The van der Waals surface area contributed by atoms with Gasteiger partial charge in [0, 0.05) is 35.1 Å². The van der Waals surface area contributed by atoms with Crippen LogP contribution in [0.5, 0.6) is 0 Å². The molecular formula is C22H23ClFN7O2S. The normalized spacial score (nSPS) is 11.8. The fourth-order valence-electron chi connectivity index (χ4n) is 3.30. The lowest BCUT2D eigenvalue weighted by Gasteiger charge is -2.13. The number of benzene rings is 2. The van der Waals surface area contributed by atoms with Crippen LogP contribution in [0.25, 0.3) is 22.4 Å². The Balaban J connectivity index is 1.61. The van der Waals surface area contributed by atoms with Gasteiger partial charge in [0.05, 0.1) is 5.39 Å². The quantitative estimate of drug-likeness (QED) is 0.334. The molecule has 0 spiro atoms. The Bertz CT molecular complexity index is 1440. The number of sulfonamides is 1. The van der Waals surface area contributed by atoms with E-state index >= 15 is 0 Å². The Morgan fingerprint density at radius 3 is 2.56 bits per heavy atom. The van der Waals surface area contributed by atoms with Gasteiger partial charge in [0.25, 0.3) is 10.0 Å². The molecule has 0 fully saturated rings. The third-order valence-electron chi connectivity index (χ3n) is 5.02. The number of aromatic nitrogens is 4. The number of aryl methyl sites for hydroxylation is 1. The lowest BCUT2D eigenvalue weighted by molar-refractivity contribution is 0.425. The van der Waals surface area contributed by atoms with E-state index in [-0.39, 0.29) is 10.7 Å². The number of nitrogens with one attached hydrogen (secondary N) is 3. The molecule has 0 radical (unpaired) electrons. The molecule has 12 heteroatoms. The zero-order chi connectivity index (χ0) is 24.5. The van der Waals surface area contributed by atoms with E-state index in [0.29, 0.717) is 29.4 Å². The van der Waals surface area contributed by atoms with E-state index in [1.807, 2.05) is 21.0 Å². The predicted molar refractivity (Wildman–Crippen MR) is 131 cm³/mol. The van der Waals surface area contributed by atoms with E-state index in [2.05, 4.69) is 35.1 Å². The van der Waals surface area contributed by atoms with Crippen LogP contribution < -0.4 is 10.0 Å². The molecular weight excluding hydrogens is 481 g/mol. The number of hydrogen-bond donors (Lipinski definition) is 3. The molecule has 0 amide bonds. The molecule has 0 atom stereocenters. The van der Waals surface area contributed by atoms with Gasteiger partial charge >= 0.3 is 0 Å². The molecule has 2 aromatic heterocycles. The topological polar surface area (TPSA) is 116 Å². The SMILES string of the molecule is Cc1[nH]nc2nc(-c3ccc(NS(=O)(=O)c4cc(Cl)ccc4F)cc3)nc(NCCN(C)C)c12. The minimum absolute atomic E-state index is 0.119. The van der Waals surface area contributed by atoms with Gasteiger partial charge in [-0.05, 0) is 63.5 Å². The third-order valence-corrected chi connectivity index (χ3v) is 6.66. The van der Waals surface area contributed by atoms with Crippen molar-refractivity contribution < 1.29 is 12.8 Å². The maximum atomic E-state index is 14.0. The molecule has 0 aliphatic rings. The molecule has 4 aromatic rings. The highest BCUT2D eigenvalue weighted by atomic mass is 35.5. The lowest BCUT2D eigenvalue weighted by Crippen LogP contribution is -2.21. The summed E-state index contributed by atoms with van der Waals surface area (Å²) in [7, 11) is -0.186. The minimum Gasteiger partial charge on any atom is -0.368 e. The zero-order valence-electron chi connectivity index (χ0n) is 18.7. The van der Waals surface area contributed by atoms with Gasteiger partial charge in [0.2, 0.25) is 0 Å². The molecule has 0 aliphatic heterocycles. The number of anilines is 2. The van der Waals surface area contributed by atoms with Gasteiger partial charge in [-0.1, -0.05) is 11.6 Å². The van der Waals surface area contributed by atoms with E-state index in [9.17, 15) is 12.8 Å². The summed E-state index contributed by atoms with van der Waals surface area (Å²) < 4.78 is 41.6. The highest BCUT2D eigenvalue weighted by Crippen LogP contribution is 2.28. The number of aromatic amines is 1. The molecule has 9 nitrogen and oxygen atoms in total. The first-order chi connectivity index (χ1) is 16.1. The summed E-state index contributed by atoms with van der Waals surface area (Å²) >= 11 is 5.83. The fraction of sp³-hybridized carbons (Fsp3) is 0.227. The van der Waals surface area contributed by atoms with Gasteiger partial charge in [-0.3, -0.25) is 9.82 Å². The van der Waals surface area contributed by atoms with Crippen LogP contribution in [0.3, 0.4) is 0 Å². The van der Waals surface area contributed by atoms with Crippen molar-refractivity contribution in [2.24, 2.45) is 0 Å². The van der Waals surface area contributed by atoms with Gasteiger partial charge in [-0.25, -0.2) is 22.8 Å². The second-order valence-electron chi connectivity index (χ2n) is 7.93. The number of halogens is 2. The van der Waals surface area contributed by atoms with Crippen molar-refractivity contribution in [3.05, 3.63) is 59.0 Å². The van der Waals surface area contributed by atoms with Crippen LogP contribution in [-0.4, -0.2) is 60.7 Å². The summed E-state index contributed by atoms with van der Waals surface area (Å²) in [5.41, 5.74) is 2.29. The molecule has 2 heterocycles. The zero-order valence-corrected chi connectivity index (χ0v) is 20.3. The van der Waals surface area contributed by atoms with Crippen molar-refractivity contribution in [3.8, 4) is 11.4 Å². The van der Waals surface area contributed by atoms with Gasteiger partial charge in [0.1, 0.15) is 16.5 Å². The largest absolute Gasteiger partial charge is 0.368 e. The number of H-pyrrole nitrogens is 1. The molecule has 0 saturated heterocycles. The Labute approximate surface area is 201 Å². The second-order valence-corrected chi connectivity index (χ2v) is 10.0. The molecule has 0 bridgehead atoms. The molecule has 178 valence electrons. The third kappa shape index (κ3) is 5.11. The molecule has 0 aliphatic carbocycles. The Hall–Kier alpha value is -3.28. The van der Waals surface area contributed by atoms with Crippen LogP contribution in [0, 0.1) is 12.7 Å². The van der Waals surface area contributed by atoms with E-state index < -0.39 is 20.7 Å². The van der Waals surface area contributed by atoms with E-state index in [1.54, 1.807) is 24.3 Å². The summed E-state index contributed by atoms with van der Waals surface area (Å²) in [6.45, 7) is 3.41. The highest BCUT2D eigenvalue weighted by molar-refractivity contribution is 7.92. The molecule has 34 heavy (non-hydrogen) atoms. The first kappa shape index (κ1) is 23.9. The van der Waals surface area contributed by atoms with E-state index in [0.717, 1.165) is 29.8 Å². The summed E-state index contributed by atoms with van der Waals surface area (Å²) in [5.74, 6) is 0.203. The van der Waals surface area contributed by atoms with Crippen LogP contribution in [0.2, 0.25) is 5.02 Å². The van der Waals surface area contributed by atoms with Crippen molar-refractivity contribution in [2.45, 2.75) is 11.8 Å². The summed E-state index contributed by atoms with van der Waals surface area (Å²) in [4.78, 5) is 10.7. The minimum atomic E-state index is -4.16. The van der Waals surface area contributed by atoms with Crippen LogP contribution >= 0.6 is 11.6 Å². The van der Waals surface area contributed by atoms with Crippen molar-refractivity contribution in [1.29, 1.82) is 0 Å². The monoisotopic (exact) mass is 503 g/mol. The number of rotatable bonds is 8. The van der Waals surface area contributed by atoms with Gasteiger partial charge < -0.3 is 10.2 Å². The fourth-order valence-corrected chi connectivity index (χ4v) is 4.70. The lowest BCUT2D eigenvalue weighted by atomic mass is 10.2. The average molecular weight is 504 g/mol. The molecule has 4 rings (SSSR count). The van der Waals surface area contributed by atoms with Gasteiger partial charge in [-0.2, -0.15) is 5.10 Å². The van der Waals surface area contributed by atoms with E-state index in [4.69, 9.17) is 11.6 Å². The summed E-state index contributed by atoms with van der Waals surface area (Å²) in [6, 6.07) is 9.82. The first-order valence-corrected chi connectivity index (χ1v) is 12.2. The highest BCUT2D eigenvalue weighted by Gasteiger charge is 2.20. The Morgan fingerprint density at radius 2 is 1.85 bits per heavy atom. The number of likely N-dealkylation sites (N-methyl/N-ethyl adjacent to an activating group) is 1. The maximum absolute atomic E-state index is 14.0. The summed E-state index contributed by atoms with van der Waals surface area (Å²) in [5, 5.41) is 11.5. The Morgan fingerprint density at radius 1 is 1.12 bits per heavy atom.